The van der Waals surface area contributed by atoms with Gasteiger partial charge in [-0.15, -0.1) is 0 Å². The standard InChI is InChI=1S/C12H19NOSi/c1-15(2,3)14-12-7-9-4-5-10(12)6-11(9)8-13/h7,9-11H,4-6H2,1-3H3. The monoisotopic (exact) mass is 221 g/mol. The van der Waals surface area contributed by atoms with Gasteiger partial charge in [0.2, 0.25) is 8.32 Å². The second-order valence-electron chi connectivity index (χ2n) is 5.69. The molecule has 3 aliphatic carbocycles. The highest BCUT2D eigenvalue weighted by Crippen LogP contribution is 2.44. The van der Waals surface area contributed by atoms with Crippen molar-refractivity contribution in [3.63, 3.8) is 0 Å². The molecule has 0 spiro atoms. The smallest absolute Gasteiger partial charge is 0.241 e. The average molecular weight is 221 g/mol. The van der Waals surface area contributed by atoms with Gasteiger partial charge in [0.15, 0.2) is 0 Å². The number of fused-ring (bicyclic) bond motifs is 2. The van der Waals surface area contributed by atoms with E-state index in [9.17, 15) is 0 Å². The molecule has 1 fully saturated rings. The van der Waals surface area contributed by atoms with E-state index in [1.54, 1.807) is 0 Å². The van der Waals surface area contributed by atoms with Crippen molar-refractivity contribution >= 4 is 8.32 Å². The molecule has 0 N–H and O–H groups in total. The summed E-state index contributed by atoms with van der Waals surface area (Å²) < 4.78 is 6.10. The number of hydrogen-bond donors (Lipinski definition) is 0. The molecule has 0 radical (unpaired) electrons. The Bertz CT molecular complexity index is 323. The Kier molecular flexibility index (Phi) is 2.64. The fraction of sp³-hybridized carbons (Fsp3) is 0.750. The predicted molar refractivity (Wildman–Crippen MR) is 62.4 cm³/mol. The maximum Gasteiger partial charge on any atom is 0.241 e. The van der Waals surface area contributed by atoms with Crippen LogP contribution in [0.3, 0.4) is 0 Å². The Morgan fingerprint density at radius 1 is 1.40 bits per heavy atom. The van der Waals surface area contributed by atoms with Crippen LogP contribution in [0.15, 0.2) is 11.8 Å². The van der Waals surface area contributed by atoms with Gasteiger partial charge in [-0.1, -0.05) is 0 Å². The highest BCUT2D eigenvalue weighted by Gasteiger charge is 2.38. The quantitative estimate of drug-likeness (QED) is 0.670. The molecule has 0 aromatic carbocycles. The Labute approximate surface area is 93.1 Å². The number of rotatable bonds is 2. The molecule has 3 aliphatic rings. The molecule has 15 heavy (non-hydrogen) atoms. The summed E-state index contributed by atoms with van der Waals surface area (Å²) in [4.78, 5) is 0. The first kappa shape index (κ1) is 10.8. The van der Waals surface area contributed by atoms with Gasteiger partial charge in [-0.2, -0.15) is 5.26 Å². The van der Waals surface area contributed by atoms with E-state index >= 15 is 0 Å². The van der Waals surface area contributed by atoms with Crippen LogP contribution in [0.4, 0.5) is 0 Å². The first-order chi connectivity index (χ1) is 6.99. The summed E-state index contributed by atoms with van der Waals surface area (Å²) in [5.74, 6) is 2.45. The second-order valence-corrected chi connectivity index (χ2v) is 10.1. The zero-order valence-corrected chi connectivity index (χ0v) is 10.8. The molecule has 0 aliphatic heterocycles. The lowest BCUT2D eigenvalue weighted by atomic mass is 9.69. The van der Waals surface area contributed by atoms with Crippen molar-refractivity contribution in [2.75, 3.05) is 0 Å². The normalized spacial score (nSPS) is 34.5. The van der Waals surface area contributed by atoms with Crippen LogP contribution in [0, 0.1) is 29.1 Å². The maximum absolute atomic E-state index is 9.02. The van der Waals surface area contributed by atoms with Crippen LogP contribution >= 0.6 is 0 Å². The van der Waals surface area contributed by atoms with Gasteiger partial charge in [-0.3, -0.25) is 0 Å². The summed E-state index contributed by atoms with van der Waals surface area (Å²) in [6, 6.07) is 2.43. The molecule has 3 heteroatoms. The molecule has 0 amide bonds. The van der Waals surface area contributed by atoms with E-state index < -0.39 is 8.32 Å². The minimum absolute atomic E-state index is 0.248. The van der Waals surface area contributed by atoms with Crippen LogP contribution in [0.25, 0.3) is 0 Å². The third-order valence-electron chi connectivity index (χ3n) is 3.27. The lowest BCUT2D eigenvalue weighted by Gasteiger charge is -2.40. The van der Waals surface area contributed by atoms with Crippen molar-refractivity contribution in [3.05, 3.63) is 11.8 Å². The Balaban J connectivity index is 2.13. The van der Waals surface area contributed by atoms with E-state index in [-0.39, 0.29) is 5.92 Å². The second kappa shape index (κ2) is 3.68. The van der Waals surface area contributed by atoms with Crippen LogP contribution in [0.1, 0.15) is 19.3 Å². The van der Waals surface area contributed by atoms with Gasteiger partial charge < -0.3 is 4.43 Å². The minimum atomic E-state index is -1.47. The van der Waals surface area contributed by atoms with E-state index in [0.29, 0.717) is 11.8 Å². The summed E-state index contributed by atoms with van der Waals surface area (Å²) in [7, 11) is -1.47. The van der Waals surface area contributed by atoms with Crippen LogP contribution < -0.4 is 0 Å². The molecule has 82 valence electrons. The number of allylic oxidation sites excluding steroid dienone is 2. The van der Waals surface area contributed by atoms with E-state index in [4.69, 9.17) is 9.69 Å². The lowest BCUT2D eigenvalue weighted by molar-refractivity contribution is 0.190. The number of nitrogens with zero attached hydrogens (tertiary/aromatic N) is 1. The zero-order chi connectivity index (χ0) is 11.1. The molecule has 3 rings (SSSR count). The van der Waals surface area contributed by atoms with Crippen LogP contribution in [-0.4, -0.2) is 8.32 Å². The zero-order valence-electron chi connectivity index (χ0n) is 9.79. The molecular weight excluding hydrogens is 202 g/mol. The van der Waals surface area contributed by atoms with Gasteiger partial charge in [0.25, 0.3) is 0 Å². The average Bonchev–Trinajstić information content (AvgIpc) is 2.16. The molecule has 2 bridgehead atoms. The van der Waals surface area contributed by atoms with Crippen molar-refractivity contribution in [3.8, 4) is 6.07 Å². The SMILES string of the molecule is C[Si](C)(C)OC1=CC2CCC1CC2C#N. The molecule has 3 unspecified atom stereocenters. The maximum atomic E-state index is 9.02. The van der Waals surface area contributed by atoms with Gasteiger partial charge in [-0.05, 0) is 50.9 Å². The largest absolute Gasteiger partial charge is 0.547 e. The third kappa shape index (κ3) is 2.26. The Hall–Kier alpha value is -0.753. The summed E-state index contributed by atoms with van der Waals surface area (Å²) in [6.07, 6.45) is 5.67. The highest BCUT2D eigenvalue weighted by molar-refractivity contribution is 6.70. The van der Waals surface area contributed by atoms with E-state index in [2.05, 4.69) is 31.8 Å². The van der Waals surface area contributed by atoms with E-state index in [1.807, 2.05) is 0 Å². The van der Waals surface area contributed by atoms with Gasteiger partial charge in [0, 0.05) is 5.92 Å². The van der Waals surface area contributed by atoms with Gasteiger partial charge in [0.05, 0.1) is 17.7 Å². The summed E-state index contributed by atoms with van der Waals surface area (Å²) in [5, 5.41) is 9.02. The van der Waals surface area contributed by atoms with Crippen molar-refractivity contribution in [1.29, 1.82) is 5.26 Å². The molecule has 0 heterocycles. The summed E-state index contributed by atoms with van der Waals surface area (Å²) >= 11 is 0. The van der Waals surface area contributed by atoms with Crippen LogP contribution in [0.2, 0.25) is 19.6 Å². The first-order valence-electron chi connectivity index (χ1n) is 5.80. The molecule has 3 atom stereocenters. The van der Waals surface area contributed by atoms with Crippen molar-refractivity contribution < 1.29 is 4.43 Å². The van der Waals surface area contributed by atoms with Crippen molar-refractivity contribution in [1.82, 2.24) is 0 Å². The highest BCUT2D eigenvalue weighted by atomic mass is 28.4. The van der Waals surface area contributed by atoms with Crippen molar-refractivity contribution in [2.24, 2.45) is 17.8 Å². The first-order valence-corrected chi connectivity index (χ1v) is 9.21. The fourth-order valence-corrected chi connectivity index (χ4v) is 3.56. The molecule has 0 aromatic heterocycles. The number of nitriles is 1. The summed E-state index contributed by atoms with van der Waals surface area (Å²) in [6.45, 7) is 6.66. The predicted octanol–water partition coefficient (Wildman–Crippen LogP) is 3.29. The van der Waals surface area contributed by atoms with Gasteiger partial charge in [0.1, 0.15) is 0 Å². The van der Waals surface area contributed by atoms with Crippen LogP contribution in [-0.2, 0) is 4.43 Å². The summed E-state index contributed by atoms with van der Waals surface area (Å²) in [5.41, 5.74) is 0. The Morgan fingerprint density at radius 2 is 2.13 bits per heavy atom. The molecular formula is C12H19NOSi. The minimum Gasteiger partial charge on any atom is -0.547 e. The topological polar surface area (TPSA) is 33.0 Å². The lowest BCUT2D eigenvalue weighted by Crippen LogP contribution is -2.35. The van der Waals surface area contributed by atoms with Crippen LogP contribution in [0.5, 0.6) is 0 Å². The number of hydrogen-bond acceptors (Lipinski definition) is 2. The van der Waals surface area contributed by atoms with Crippen molar-refractivity contribution in [2.45, 2.75) is 38.9 Å². The van der Waals surface area contributed by atoms with Gasteiger partial charge >= 0.3 is 0 Å². The van der Waals surface area contributed by atoms with Gasteiger partial charge in [-0.25, -0.2) is 0 Å². The molecule has 0 saturated heterocycles. The Morgan fingerprint density at radius 3 is 2.60 bits per heavy atom. The third-order valence-corrected chi connectivity index (χ3v) is 4.12. The molecule has 1 saturated carbocycles. The van der Waals surface area contributed by atoms with E-state index in [1.165, 1.54) is 18.6 Å². The molecule has 2 nitrogen and oxygen atoms in total. The molecule has 0 aromatic rings. The van der Waals surface area contributed by atoms with E-state index in [0.717, 1.165) is 6.42 Å². The fourth-order valence-electron chi connectivity index (χ4n) is 2.62.